The predicted molar refractivity (Wildman–Crippen MR) is 106 cm³/mol. The lowest BCUT2D eigenvalue weighted by atomic mass is 10.0. The van der Waals surface area contributed by atoms with Crippen LogP contribution in [0.25, 0.3) is 0 Å². The van der Waals surface area contributed by atoms with Crippen LogP contribution in [0.4, 0.5) is 10.5 Å². The molecule has 4 nitrogen and oxygen atoms in total. The summed E-state index contributed by atoms with van der Waals surface area (Å²) >= 11 is 0. The van der Waals surface area contributed by atoms with Crippen LogP contribution in [-0.2, 0) is 4.74 Å². The monoisotopic (exact) mass is 348 g/mol. The molecule has 0 radical (unpaired) electrons. The number of benzene rings is 1. The molecule has 25 heavy (non-hydrogen) atoms. The van der Waals surface area contributed by atoms with Crippen molar-refractivity contribution in [3.8, 4) is 0 Å². The zero-order chi connectivity index (χ0) is 19.0. The van der Waals surface area contributed by atoms with Gasteiger partial charge in [-0.1, -0.05) is 32.4 Å². The van der Waals surface area contributed by atoms with Crippen LogP contribution >= 0.6 is 0 Å². The predicted octanol–water partition coefficient (Wildman–Crippen LogP) is 5.92. The maximum absolute atomic E-state index is 12.7. The highest BCUT2D eigenvalue weighted by Crippen LogP contribution is 2.27. The Morgan fingerprint density at radius 1 is 1.24 bits per heavy atom. The Labute approximate surface area is 153 Å². The number of hydrogen-bond donors (Lipinski definition) is 1. The summed E-state index contributed by atoms with van der Waals surface area (Å²) in [5, 5.41) is 3.47. The summed E-state index contributed by atoms with van der Waals surface area (Å²) < 4.78 is 5.63. The van der Waals surface area contributed by atoms with Crippen LogP contribution in [-0.4, -0.2) is 29.7 Å². The fraction of sp³-hybridized carbons (Fsp3) is 0.667. The Morgan fingerprint density at radius 2 is 1.92 bits per heavy atom. The number of carbonyl (C=O) groups is 1. The minimum atomic E-state index is -0.484. The Hall–Kier alpha value is -1.71. The van der Waals surface area contributed by atoms with Crippen LogP contribution in [0.5, 0.6) is 0 Å². The third kappa shape index (κ3) is 6.97. The highest BCUT2D eigenvalue weighted by Gasteiger charge is 2.26. The highest BCUT2D eigenvalue weighted by molar-refractivity contribution is 5.69. The second kappa shape index (κ2) is 9.69. The molecule has 0 bridgehead atoms. The molecule has 1 aromatic rings. The van der Waals surface area contributed by atoms with E-state index in [2.05, 4.69) is 51.2 Å². The lowest BCUT2D eigenvalue weighted by molar-refractivity contribution is 0.0170. The Balaban J connectivity index is 3.03. The van der Waals surface area contributed by atoms with Gasteiger partial charge in [0.25, 0.3) is 0 Å². The molecule has 142 valence electrons. The summed E-state index contributed by atoms with van der Waals surface area (Å²) in [5.74, 6) is 0. The molecule has 0 unspecified atom stereocenters. The van der Waals surface area contributed by atoms with E-state index in [0.717, 1.165) is 37.1 Å². The first kappa shape index (κ1) is 21.3. The summed E-state index contributed by atoms with van der Waals surface area (Å²) in [5.41, 5.74) is 3.02. The van der Waals surface area contributed by atoms with E-state index in [1.165, 1.54) is 5.56 Å². The van der Waals surface area contributed by atoms with Crippen molar-refractivity contribution in [2.24, 2.45) is 0 Å². The molecule has 0 saturated carbocycles. The quantitative estimate of drug-likeness (QED) is 0.634. The van der Waals surface area contributed by atoms with Crippen LogP contribution in [0.2, 0.25) is 0 Å². The largest absolute Gasteiger partial charge is 0.444 e. The minimum absolute atomic E-state index is 0.0239. The SMILES string of the molecule is CCCCN(C(=O)OC(C)(C)C)[C@@H](C)c1ccc(C)c(NCCC)c1. The van der Waals surface area contributed by atoms with Crippen LogP contribution in [0.15, 0.2) is 18.2 Å². The molecule has 0 saturated heterocycles. The highest BCUT2D eigenvalue weighted by atomic mass is 16.6. The molecule has 1 atom stereocenters. The summed E-state index contributed by atoms with van der Waals surface area (Å²) in [6.07, 6.45) is 2.86. The second-order valence-electron chi connectivity index (χ2n) is 7.70. The van der Waals surface area contributed by atoms with Crippen LogP contribution in [0, 0.1) is 6.92 Å². The third-order valence-corrected chi connectivity index (χ3v) is 4.16. The van der Waals surface area contributed by atoms with E-state index in [1.54, 1.807) is 0 Å². The van der Waals surface area contributed by atoms with Crippen molar-refractivity contribution >= 4 is 11.8 Å². The molecule has 0 aromatic heterocycles. The van der Waals surface area contributed by atoms with Crippen molar-refractivity contribution in [3.05, 3.63) is 29.3 Å². The first-order chi connectivity index (χ1) is 11.7. The number of unbranched alkanes of at least 4 members (excludes halogenated alkanes) is 1. The van der Waals surface area contributed by atoms with E-state index < -0.39 is 5.60 Å². The van der Waals surface area contributed by atoms with E-state index in [0.29, 0.717) is 6.54 Å². The van der Waals surface area contributed by atoms with Gasteiger partial charge >= 0.3 is 6.09 Å². The van der Waals surface area contributed by atoms with Gasteiger partial charge in [-0.05, 0) is 64.7 Å². The second-order valence-corrected chi connectivity index (χ2v) is 7.70. The lowest BCUT2D eigenvalue weighted by Gasteiger charge is -2.32. The van der Waals surface area contributed by atoms with Crippen LogP contribution in [0.1, 0.15) is 78.0 Å². The summed E-state index contributed by atoms with van der Waals surface area (Å²) in [6, 6.07) is 6.38. The average Bonchev–Trinajstić information content (AvgIpc) is 2.52. The standard InChI is InChI=1S/C21H36N2O2/c1-8-10-14-23(20(24)25-21(5,6)7)17(4)18-12-11-16(3)19(15-18)22-13-9-2/h11-12,15,17,22H,8-10,13-14H2,1-7H3/t17-/m0/s1. The number of amides is 1. The maximum atomic E-state index is 12.7. The van der Waals surface area contributed by atoms with Crippen molar-refractivity contribution in [1.82, 2.24) is 4.90 Å². The van der Waals surface area contributed by atoms with Gasteiger partial charge in [0.2, 0.25) is 0 Å². The number of rotatable bonds is 8. The van der Waals surface area contributed by atoms with Gasteiger partial charge in [0.15, 0.2) is 0 Å². The molecular formula is C21H36N2O2. The van der Waals surface area contributed by atoms with E-state index in [4.69, 9.17) is 4.74 Å². The molecule has 0 fully saturated rings. The topological polar surface area (TPSA) is 41.6 Å². The van der Waals surface area contributed by atoms with Gasteiger partial charge in [-0.2, -0.15) is 0 Å². The summed E-state index contributed by atoms with van der Waals surface area (Å²) in [6.45, 7) is 15.9. The van der Waals surface area contributed by atoms with Crippen molar-refractivity contribution in [3.63, 3.8) is 0 Å². The number of nitrogens with zero attached hydrogens (tertiary/aromatic N) is 1. The fourth-order valence-corrected chi connectivity index (χ4v) is 2.62. The fourth-order valence-electron chi connectivity index (χ4n) is 2.62. The van der Waals surface area contributed by atoms with Crippen molar-refractivity contribution in [1.29, 1.82) is 0 Å². The normalized spacial score (nSPS) is 12.6. The molecule has 0 aliphatic heterocycles. The molecule has 0 aliphatic rings. The molecular weight excluding hydrogens is 312 g/mol. The number of hydrogen-bond acceptors (Lipinski definition) is 3. The number of aryl methyl sites for hydroxylation is 1. The minimum Gasteiger partial charge on any atom is -0.444 e. The summed E-state index contributed by atoms with van der Waals surface area (Å²) in [7, 11) is 0. The van der Waals surface area contributed by atoms with E-state index >= 15 is 0 Å². The molecule has 1 rings (SSSR count). The Kier molecular flexibility index (Phi) is 8.27. The lowest BCUT2D eigenvalue weighted by Crippen LogP contribution is -2.39. The van der Waals surface area contributed by atoms with E-state index in [9.17, 15) is 4.79 Å². The summed E-state index contributed by atoms with van der Waals surface area (Å²) in [4.78, 5) is 14.5. The number of nitrogens with one attached hydrogen (secondary N) is 1. The van der Waals surface area contributed by atoms with Crippen molar-refractivity contribution in [2.75, 3.05) is 18.4 Å². The van der Waals surface area contributed by atoms with Crippen LogP contribution in [0.3, 0.4) is 0 Å². The van der Waals surface area contributed by atoms with Gasteiger partial charge < -0.3 is 15.0 Å². The van der Waals surface area contributed by atoms with Crippen LogP contribution < -0.4 is 5.32 Å². The maximum Gasteiger partial charge on any atom is 0.410 e. The zero-order valence-corrected chi connectivity index (χ0v) is 17.1. The number of carbonyl (C=O) groups excluding carboxylic acids is 1. The van der Waals surface area contributed by atoms with E-state index in [1.807, 2.05) is 25.7 Å². The number of ether oxygens (including phenoxy) is 1. The van der Waals surface area contributed by atoms with Gasteiger partial charge in [0, 0.05) is 18.8 Å². The number of anilines is 1. The third-order valence-electron chi connectivity index (χ3n) is 4.16. The van der Waals surface area contributed by atoms with Gasteiger partial charge in [-0.3, -0.25) is 0 Å². The first-order valence-corrected chi connectivity index (χ1v) is 9.53. The van der Waals surface area contributed by atoms with Gasteiger partial charge in [-0.15, -0.1) is 0 Å². The Bertz CT molecular complexity index is 549. The van der Waals surface area contributed by atoms with Gasteiger partial charge in [0.05, 0.1) is 6.04 Å². The molecule has 1 amide bonds. The molecule has 4 heteroatoms. The first-order valence-electron chi connectivity index (χ1n) is 9.53. The van der Waals surface area contributed by atoms with Crippen molar-refractivity contribution < 1.29 is 9.53 Å². The van der Waals surface area contributed by atoms with Crippen molar-refractivity contribution in [2.45, 2.75) is 79.4 Å². The molecule has 0 heterocycles. The van der Waals surface area contributed by atoms with E-state index in [-0.39, 0.29) is 12.1 Å². The smallest absolute Gasteiger partial charge is 0.410 e. The van der Waals surface area contributed by atoms with Gasteiger partial charge in [-0.25, -0.2) is 4.79 Å². The molecule has 0 spiro atoms. The molecule has 0 aliphatic carbocycles. The average molecular weight is 349 g/mol. The van der Waals surface area contributed by atoms with Gasteiger partial charge in [0.1, 0.15) is 5.60 Å². The molecule has 1 N–H and O–H groups in total. The Morgan fingerprint density at radius 3 is 2.48 bits per heavy atom. The zero-order valence-electron chi connectivity index (χ0n) is 17.1. The molecule has 1 aromatic carbocycles.